The summed E-state index contributed by atoms with van der Waals surface area (Å²) in [5.74, 6) is 0. The summed E-state index contributed by atoms with van der Waals surface area (Å²) in [7, 11) is 2.20. The number of rotatable bonds is 3. The van der Waals surface area contributed by atoms with Crippen LogP contribution in [0.15, 0.2) is 58.5 Å². The zero-order valence-electron chi connectivity index (χ0n) is 14.2. The molecule has 1 aliphatic heterocycles. The zero-order chi connectivity index (χ0) is 16.5. The van der Waals surface area contributed by atoms with Gasteiger partial charge in [-0.1, -0.05) is 42.1 Å². The van der Waals surface area contributed by atoms with Gasteiger partial charge in [0.2, 0.25) is 0 Å². The third-order valence-corrected chi connectivity index (χ3v) is 5.94. The van der Waals surface area contributed by atoms with Crippen LogP contribution in [0.3, 0.4) is 0 Å². The highest BCUT2D eigenvalue weighted by molar-refractivity contribution is 7.99. The van der Waals surface area contributed by atoms with Crippen LogP contribution in [0.25, 0.3) is 10.9 Å². The van der Waals surface area contributed by atoms with Crippen molar-refractivity contribution in [2.75, 3.05) is 38.1 Å². The first-order chi connectivity index (χ1) is 11.7. The summed E-state index contributed by atoms with van der Waals surface area (Å²) in [6, 6.07) is 15.3. The Hall–Kier alpha value is -1.91. The van der Waals surface area contributed by atoms with Gasteiger partial charge in [-0.25, -0.2) is 0 Å². The Morgan fingerprint density at radius 2 is 1.71 bits per heavy atom. The molecular formula is C20H23N3S. The fourth-order valence-corrected chi connectivity index (χ4v) is 4.42. The monoisotopic (exact) mass is 337 g/mol. The highest BCUT2D eigenvalue weighted by Crippen LogP contribution is 2.39. The predicted octanol–water partition coefficient (Wildman–Crippen LogP) is 4.38. The van der Waals surface area contributed by atoms with Crippen LogP contribution in [0.2, 0.25) is 0 Å². The fraction of sp³-hybridized carbons (Fsp3) is 0.300. The third-order valence-electron chi connectivity index (χ3n) is 4.81. The van der Waals surface area contributed by atoms with Gasteiger partial charge in [-0.05, 0) is 31.7 Å². The topological polar surface area (TPSA) is 22.3 Å². The van der Waals surface area contributed by atoms with Crippen molar-refractivity contribution in [1.29, 1.82) is 0 Å². The molecule has 1 fully saturated rings. The number of aromatic amines is 1. The number of aromatic nitrogens is 1. The van der Waals surface area contributed by atoms with Crippen molar-refractivity contribution in [3.63, 3.8) is 0 Å². The van der Waals surface area contributed by atoms with Gasteiger partial charge in [-0.3, -0.25) is 0 Å². The lowest BCUT2D eigenvalue weighted by molar-refractivity contribution is 0.312. The number of nitrogens with one attached hydrogen (secondary N) is 1. The van der Waals surface area contributed by atoms with Crippen LogP contribution in [0.1, 0.15) is 5.56 Å². The molecule has 1 aliphatic rings. The number of aryl methyl sites for hydroxylation is 1. The first-order valence-corrected chi connectivity index (χ1v) is 9.31. The van der Waals surface area contributed by atoms with E-state index >= 15 is 0 Å². The summed E-state index contributed by atoms with van der Waals surface area (Å²) in [6.45, 7) is 6.62. The largest absolute Gasteiger partial charge is 0.368 e. The lowest BCUT2D eigenvalue weighted by atomic mass is 10.2. The smallest absolute Gasteiger partial charge is 0.0508 e. The molecule has 1 saturated heterocycles. The quantitative estimate of drug-likeness (QED) is 0.767. The first-order valence-electron chi connectivity index (χ1n) is 8.49. The molecule has 2 heterocycles. The second kappa shape index (κ2) is 6.54. The van der Waals surface area contributed by atoms with Gasteiger partial charge in [0.1, 0.15) is 0 Å². The van der Waals surface area contributed by atoms with Gasteiger partial charge in [-0.2, -0.15) is 0 Å². The maximum atomic E-state index is 3.44. The van der Waals surface area contributed by atoms with Gasteiger partial charge in [-0.15, -0.1) is 0 Å². The van der Waals surface area contributed by atoms with Crippen LogP contribution >= 0.6 is 11.8 Å². The van der Waals surface area contributed by atoms with Crippen LogP contribution in [0, 0.1) is 6.92 Å². The van der Waals surface area contributed by atoms with Gasteiger partial charge < -0.3 is 14.8 Å². The summed E-state index contributed by atoms with van der Waals surface area (Å²) in [6.07, 6.45) is 2.14. The Kier molecular flexibility index (Phi) is 4.25. The lowest BCUT2D eigenvalue weighted by Crippen LogP contribution is -2.44. The highest BCUT2D eigenvalue weighted by atomic mass is 32.2. The number of likely N-dealkylation sites (N-methyl/N-ethyl adjacent to an activating group) is 1. The molecule has 0 radical (unpaired) electrons. The zero-order valence-corrected chi connectivity index (χ0v) is 15.1. The predicted molar refractivity (Wildman–Crippen MR) is 103 cm³/mol. The van der Waals surface area contributed by atoms with E-state index < -0.39 is 0 Å². The van der Waals surface area contributed by atoms with E-state index in [0.29, 0.717) is 0 Å². The summed E-state index contributed by atoms with van der Waals surface area (Å²) >= 11 is 1.87. The van der Waals surface area contributed by atoms with E-state index in [9.17, 15) is 0 Å². The van der Waals surface area contributed by atoms with Gasteiger partial charge in [0.25, 0.3) is 0 Å². The van der Waals surface area contributed by atoms with E-state index in [0.717, 1.165) is 26.2 Å². The molecule has 1 aromatic heterocycles. The SMILES string of the molecule is Cc1cccc2c(Sc3ccccc3N3CCN(C)CC3)c[nH]c12. The second-order valence-electron chi connectivity index (χ2n) is 6.51. The van der Waals surface area contributed by atoms with E-state index in [4.69, 9.17) is 0 Å². The number of fused-ring (bicyclic) bond motifs is 1. The molecule has 3 nitrogen and oxygen atoms in total. The number of benzene rings is 2. The number of piperazine rings is 1. The molecule has 24 heavy (non-hydrogen) atoms. The Bertz CT molecular complexity index is 847. The van der Waals surface area contributed by atoms with Gasteiger partial charge in [0.15, 0.2) is 0 Å². The minimum atomic E-state index is 1.10. The minimum Gasteiger partial charge on any atom is -0.368 e. The molecule has 124 valence electrons. The van der Waals surface area contributed by atoms with E-state index in [1.807, 2.05) is 11.8 Å². The number of nitrogens with zero attached hydrogens (tertiary/aromatic N) is 2. The molecule has 0 atom stereocenters. The number of anilines is 1. The Labute approximate surface area is 147 Å². The van der Waals surface area contributed by atoms with Gasteiger partial charge >= 0.3 is 0 Å². The van der Waals surface area contributed by atoms with E-state index in [-0.39, 0.29) is 0 Å². The number of hydrogen-bond acceptors (Lipinski definition) is 3. The average molecular weight is 337 g/mol. The molecule has 3 aromatic rings. The number of H-pyrrole nitrogens is 1. The van der Waals surface area contributed by atoms with Crippen molar-refractivity contribution in [1.82, 2.24) is 9.88 Å². The molecule has 4 heteroatoms. The molecular weight excluding hydrogens is 314 g/mol. The summed E-state index contributed by atoms with van der Waals surface area (Å²) in [5, 5.41) is 1.31. The number of hydrogen-bond donors (Lipinski definition) is 1. The van der Waals surface area contributed by atoms with Crippen molar-refractivity contribution in [2.24, 2.45) is 0 Å². The standard InChI is InChI=1S/C20H23N3S/c1-15-6-5-7-16-19(14-21-20(15)16)24-18-9-4-3-8-17(18)23-12-10-22(2)11-13-23/h3-9,14,21H,10-13H2,1-2H3. The molecule has 4 rings (SSSR count). The van der Waals surface area contributed by atoms with E-state index in [1.165, 1.54) is 31.9 Å². The van der Waals surface area contributed by atoms with E-state index in [2.05, 4.69) is 77.4 Å². The maximum absolute atomic E-state index is 3.44. The van der Waals surface area contributed by atoms with Crippen molar-refractivity contribution in [3.05, 3.63) is 54.2 Å². The van der Waals surface area contributed by atoms with Gasteiger partial charge in [0, 0.05) is 53.1 Å². The van der Waals surface area contributed by atoms with Gasteiger partial charge in [0.05, 0.1) is 5.69 Å². The normalized spacial score (nSPS) is 16.0. The molecule has 0 spiro atoms. The second-order valence-corrected chi connectivity index (χ2v) is 7.59. The number of para-hydroxylation sites is 2. The van der Waals surface area contributed by atoms with E-state index in [1.54, 1.807) is 0 Å². The van der Waals surface area contributed by atoms with Crippen LogP contribution in [-0.4, -0.2) is 43.1 Å². The van der Waals surface area contributed by atoms with Crippen LogP contribution in [0.4, 0.5) is 5.69 Å². The molecule has 0 amide bonds. The lowest BCUT2D eigenvalue weighted by Gasteiger charge is -2.35. The Balaban J connectivity index is 1.66. The molecule has 1 N–H and O–H groups in total. The maximum Gasteiger partial charge on any atom is 0.0508 e. The fourth-order valence-electron chi connectivity index (χ4n) is 3.34. The third kappa shape index (κ3) is 2.92. The molecule has 0 unspecified atom stereocenters. The summed E-state index contributed by atoms with van der Waals surface area (Å²) in [4.78, 5) is 11.0. The molecule has 0 saturated carbocycles. The van der Waals surface area contributed by atoms with Crippen LogP contribution < -0.4 is 4.90 Å². The average Bonchev–Trinajstić information content (AvgIpc) is 3.01. The molecule has 2 aromatic carbocycles. The summed E-state index contributed by atoms with van der Waals surface area (Å²) < 4.78 is 0. The van der Waals surface area contributed by atoms with Crippen LogP contribution in [-0.2, 0) is 0 Å². The summed E-state index contributed by atoms with van der Waals surface area (Å²) in [5.41, 5.74) is 3.90. The van der Waals surface area contributed by atoms with Crippen molar-refractivity contribution in [2.45, 2.75) is 16.7 Å². The minimum absolute atomic E-state index is 1.10. The van der Waals surface area contributed by atoms with Crippen molar-refractivity contribution < 1.29 is 0 Å². The molecule has 0 bridgehead atoms. The van der Waals surface area contributed by atoms with Crippen LogP contribution in [0.5, 0.6) is 0 Å². The highest BCUT2D eigenvalue weighted by Gasteiger charge is 2.18. The Morgan fingerprint density at radius 1 is 0.917 bits per heavy atom. The van der Waals surface area contributed by atoms with Crippen molar-refractivity contribution in [3.8, 4) is 0 Å². The molecule has 0 aliphatic carbocycles. The Morgan fingerprint density at radius 3 is 2.54 bits per heavy atom. The first kappa shape index (κ1) is 15.6. The van der Waals surface area contributed by atoms with Crippen molar-refractivity contribution >= 4 is 28.4 Å².